The van der Waals surface area contributed by atoms with Gasteiger partial charge in [0.15, 0.2) is 5.82 Å². The second-order valence-electron chi connectivity index (χ2n) is 6.37. The number of aromatic nitrogens is 3. The summed E-state index contributed by atoms with van der Waals surface area (Å²) in [5.41, 5.74) is 0. The molecule has 2 aliphatic rings. The van der Waals surface area contributed by atoms with Crippen LogP contribution in [0.1, 0.15) is 63.1 Å². The maximum absolute atomic E-state index is 5.15. The Morgan fingerprint density at radius 2 is 2.20 bits per heavy atom. The zero-order chi connectivity index (χ0) is 13.9. The molecule has 5 nitrogen and oxygen atoms in total. The van der Waals surface area contributed by atoms with Crippen molar-refractivity contribution in [1.82, 2.24) is 20.1 Å². The molecular weight excluding hydrogens is 252 g/mol. The predicted molar refractivity (Wildman–Crippen MR) is 77.3 cm³/mol. The minimum absolute atomic E-state index is 0.372. The molecule has 112 valence electrons. The Labute approximate surface area is 121 Å². The van der Waals surface area contributed by atoms with Crippen molar-refractivity contribution in [3.63, 3.8) is 0 Å². The Kier molecular flexibility index (Phi) is 4.36. The zero-order valence-corrected chi connectivity index (χ0v) is 12.6. The van der Waals surface area contributed by atoms with Crippen LogP contribution in [0.15, 0.2) is 0 Å². The number of nitrogens with one attached hydrogen (secondary N) is 1. The lowest BCUT2D eigenvalue weighted by Gasteiger charge is -2.32. The molecule has 0 saturated heterocycles. The first-order chi connectivity index (χ1) is 9.76. The Morgan fingerprint density at radius 1 is 1.30 bits per heavy atom. The van der Waals surface area contributed by atoms with Crippen LogP contribution in [0.4, 0.5) is 0 Å². The lowest BCUT2D eigenvalue weighted by molar-refractivity contribution is 0.177. The van der Waals surface area contributed by atoms with E-state index in [-0.39, 0.29) is 0 Å². The second kappa shape index (κ2) is 6.22. The first-order valence-corrected chi connectivity index (χ1v) is 7.95. The maximum Gasteiger partial charge on any atom is 0.176 e. The van der Waals surface area contributed by atoms with E-state index in [0.29, 0.717) is 18.7 Å². The molecule has 3 rings (SSSR count). The van der Waals surface area contributed by atoms with Gasteiger partial charge < -0.3 is 10.1 Å². The van der Waals surface area contributed by atoms with Crippen molar-refractivity contribution in [3.05, 3.63) is 11.6 Å². The number of methoxy groups -OCH3 is 1. The third kappa shape index (κ3) is 3.04. The normalized spacial score (nSPS) is 30.2. The van der Waals surface area contributed by atoms with Crippen molar-refractivity contribution in [3.8, 4) is 0 Å². The number of aryl methyl sites for hydroxylation is 1. The fraction of sp³-hybridized carbons (Fsp3) is 0.867. The smallest absolute Gasteiger partial charge is 0.176 e. The molecule has 1 aliphatic carbocycles. The highest BCUT2D eigenvalue weighted by atomic mass is 16.5. The lowest BCUT2D eigenvalue weighted by atomic mass is 9.86. The average Bonchev–Trinajstić information content (AvgIpc) is 2.83. The summed E-state index contributed by atoms with van der Waals surface area (Å²) in [4.78, 5) is 4.67. The van der Waals surface area contributed by atoms with Crippen molar-refractivity contribution in [1.29, 1.82) is 0 Å². The molecule has 0 amide bonds. The molecule has 1 saturated carbocycles. The third-order valence-corrected chi connectivity index (χ3v) is 4.57. The van der Waals surface area contributed by atoms with Gasteiger partial charge in [-0.15, -0.1) is 0 Å². The van der Waals surface area contributed by atoms with Crippen molar-refractivity contribution in [2.45, 2.75) is 70.7 Å². The van der Waals surface area contributed by atoms with Crippen LogP contribution < -0.4 is 5.32 Å². The highest BCUT2D eigenvalue weighted by Gasteiger charge is 2.28. The Hall–Kier alpha value is -0.940. The molecule has 3 atom stereocenters. The molecule has 1 aromatic heterocycles. The van der Waals surface area contributed by atoms with E-state index in [2.05, 4.69) is 27.0 Å². The standard InChI is InChI=1S/C15H26N4O/c1-11-5-3-6-12(9-11)16-13-7-4-8-19-15(13)17-14(18-19)10-20-2/h11-13,16H,3-10H2,1-2H3. The quantitative estimate of drug-likeness (QED) is 0.919. The Balaban J connectivity index is 1.69. The molecular formula is C15H26N4O. The largest absolute Gasteiger partial charge is 0.377 e. The molecule has 5 heteroatoms. The lowest BCUT2D eigenvalue weighted by Crippen LogP contribution is -2.39. The minimum Gasteiger partial charge on any atom is -0.377 e. The second-order valence-corrected chi connectivity index (χ2v) is 6.37. The molecule has 3 unspecified atom stereocenters. The van der Waals surface area contributed by atoms with Crippen molar-refractivity contribution < 1.29 is 4.74 Å². The van der Waals surface area contributed by atoms with E-state index in [9.17, 15) is 0 Å². The van der Waals surface area contributed by atoms with Crippen LogP contribution >= 0.6 is 0 Å². The summed E-state index contributed by atoms with van der Waals surface area (Å²) in [7, 11) is 1.69. The number of nitrogens with zero attached hydrogens (tertiary/aromatic N) is 3. The van der Waals surface area contributed by atoms with E-state index < -0.39 is 0 Å². The summed E-state index contributed by atoms with van der Waals surface area (Å²) in [6.07, 6.45) is 7.71. The molecule has 1 N–H and O–H groups in total. The molecule has 0 aromatic carbocycles. The van der Waals surface area contributed by atoms with E-state index in [4.69, 9.17) is 4.74 Å². The van der Waals surface area contributed by atoms with E-state index >= 15 is 0 Å². The van der Waals surface area contributed by atoms with Crippen LogP contribution in [0.2, 0.25) is 0 Å². The van der Waals surface area contributed by atoms with Crippen molar-refractivity contribution in [2.24, 2.45) is 5.92 Å². The van der Waals surface area contributed by atoms with Gasteiger partial charge >= 0.3 is 0 Å². The third-order valence-electron chi connectivity index (χ3n) is 4.57. The van der Waals surface area contributed by atoms with E-state index in [1.165, 1.54) is 38.5 Å². The summed E-state index contributed by atoms with van der Waals surface area (Å²) < 4.78 is 7.22. The van der Waals surface area contributed by atoms with Gasteiger partial charge in [0.05, 0.1) is 6.04 Å². The Morgan fingerprint density at radius 3 is 3.00 bits per heavy atom. The highest BCUT2D eigenvalue weighted by Crippen LogP contribution is 2.29. The summed E-state index contributed by atoms with van der Waals surface area (Å²) in [6, 6.07) is 1.02. The predicted octanol–water partition coefficient (Wildman–Crippen LogP) is 2.43. The van der Waals surface area contributed by atoms with Gasteiger partial charge in [0, 0.05) is 19.7 Å². The summed E-state index contributed by atoms with van der Waals surface area (Å²) >= 11 is 0. The molecule has 0 spiro atoms. The van der Waals surface area contributed by atoms with Gasteiger partial charge in [-0.05, 0) is 31.6 Å². The molecule has 1 fully saturated rings. The molecule has 1 aromatic rings. The van der Waals surface area contributed by atoms with E-state index in [1.807, 2.05) is 0 Å². The van der Waals surface area contributed by atoms with Crippen LogP contribution in [0.25, 0.3) is 0 Å². The van der Waals surface area contributed by atoms with Gasteiger partial charge in [-0.25, -0.2) is 9.67 Å². The highest BCUT2D eigenvalue weighted by molar-refractivity contribution is 5.02. The first-order valence-electron chi connectivity index (χ1n) is 7.95. The average molecular weight is 278 g/mol. The molecule has 1 aliphatic heterocycles. The summed E-state index contributed by atoms with van der Waals surface area (Å²) in [6.45, 7) is 3.87. The minimum atomic E-state index is 0.372. The SMILES string of the molecule is COCc1nc2n(n1)CCCC2NC1CCCC(C)C1. The van der Waals surface area contributed by atoms with Crippen LogP contribution in [-0.4, -0.2) is 27.9 Å². The monoisotopic (exact) mass is 278 g/mol. The number of rotatable bonds is 4. The number of hydrogen-bond donors (Lipinski definition) is 1. The van der Waals surface area contributed by atoms with E-state index in [0.717, 1.165) is 24.1 Å². The zero-order valence-electron chi connectivity index (χ0n) is 12.6. The fourth-order valence-corrected chi connectivity index (χ4v) is 3.62. The van der Waals surface area contributed by atoms with Crippen molar-refractivity contribution in [2.75, 3.05) is 7.11 Å². The maximum atomic E-state index is 5.15. The molecule has 0 bridgehead atoms. The fourth-order valence-electron chi connectivity index (χ4n) is 3.62. The van der Waals surface area contributed by atoms with Gasteiger partial charge in [0.2, 0.25) is 0 Å². The van der Waals surface area contributed by atoms with E-state index in [1.54, 1.807) is 7.11 Å². The van der Waals surface area contributed by atoms with Crippen LogP contribution in [0, 0.1) is 5.92 Å². The van der Waals surface area contributed by atoms with Crippen LogP contribution in [-0.2, 0) is 17.9 Å². The van der Waals surface area contributed by atoms with Gasteiger partial charge in [-0.2, -0.15) is 5.10 Å². The Bertz CT molecular complexity index is 445. The summed E-state index contributed by atoms with van der Waals surface area (Å²) in [5, 5.41) is 8.38. The van der Waals surface area contributed by atoms with Gasteiger partial charge in [-0.3, -0.25) is 0 Å². The number of hydrogen-bond acceptors (Lipinski definition) is 4. The topological polar surface area (TPSA) is 52.0 Å². The number of ether oxygens (including phenoxy) is 1. The molecule has 20 heavy (non-hydrogen) atoms. The molecule has 2 heterocycles. The van der Waals surface area contributed by atoms with Crippen molar-refractivity contribution >= 4 is 0 Å². The number of fused-ring (bicyclic) bond motifs is 1. The van der Waals surface area contributed by atoms with Crippen LogP contribution in [0.5, 0.6) is 0 Å². The van der Waals surface area contributed by atoms with Gasteiger partial charge in [0.1, 0.15) is 12.4 Å². The van der Waals surface area contributed by atoms with Gasteiger partial charge in [0.25, 0.3) is 0 Å². The van der Waals surface area contributed by atoms with Gasteiger partial charge in [-0.1, -0.05) is 19.8 Å². The summed E-state index contributed by atoms with van der Waals surface area (Å²) in [5.74, 6) is 2.78. The molecule has 0 radical (unpaired) electrons. The van der Waals surface area contributed by atoms with Crippen LogP contribution in [0.3, 0.4) is 0 Å². The first kappa shape index (κ1) is 14.0.